The molecule has 1 aliphatic heterocycles. The molecule has 12 atom stereocenters. The van der Waals surface area contributed by atoms with Gasteiger partial charge in [0.1, 0.15) is 0 Å². The van der Waals surface area contributed by atoms with Crippen LogP contribution in [-0.4, -0.2) is 40.0 Å². The molecule has 6 rings (SSSR count). The van der Waals surface area contributed by atoms with Crippen LogP contribution < -0.4 is 0 Å². The summed E-state index contributed by atoms with van der Waals surface area (Å²) in [6.07, 6.45) is 12.8. The first kappa shape index (κ1) is 26.8. The lowest BCUT2D eigenvalue weighted by Gasteiger charge is -2.61. The lowest BCUT2D eigenvalue weighted by Crippen LogP contribution is -2.57. The van der Waals surface area contributed by atoms with Gasteiger partial charge in [-0.1, -0.05) is 41.5 Å². The predicted octanol–water partition coefficient (Wildman–Crippen LogP) is 8.13. The maximum atomic E-state index is 12.2. The zero-order chi connectivity index (χ0) is 25.7. The molecular weight excluding hydrogens is 480 g/mol. The first-order valence-corrected chi connectivity index (χ1v) is 17.5. The summed E-state index contributed by atoms with van der Waals surface area (Å²) in [4.78, 5) is 0. The average Bonchev–Trinajstić information content (AvgIpc) is 3.38. The van der Waals surface area contributed by atoms with E-state index in [1.54, 1.807) is 0 Å². The Hall–Kier alpha value is 0.620. The van der Waals surface area contributed by atoms with Crippen LogP contribution in [0.3, 0.4) is 0 Å². The van der Waals surface area contributed by atoms with Crippen LogP contribution in [0.25, 0.3) is 0 Å². The molecule has 1 heterocycles. The zero-order valence-electron chi connectivity index (χ0n) is 24.2. The van der Waals surface area contributed by atoms with Gasteiger partial charge in [0.15, 0.2) is 0 Å². The van der Waals surface area contributed by atoms with Gasteiger partial charge in [-0.3, -0.25) is 0 Å². The molecule has 0 aromatic heterocycles. The number of hydrogen-bond donors (Lipinski definition) is 1. The fourth-order valence-corrected chi connectivity index (χ4v) is 15.9. The van der Waals surface area contributed by atoms with E-state index in [0.717, 1.165) is 23.7 Å². The summed E-state index contributed by atoms with van der Waals surface area (Å²) in [5.74, 6) is 8.10. The molecule has 4 heteroatoms. The fraction of sp³-hybridized carbons (Fsp3) is 1.00. The van der Waals surface area contributed by atoms with E-state index >= 15 is 0 Å². The van der Waals surface area contributed by atoms with Crippen molar-refractivity contribution < 1.29 is 9.84 Å². The first-order chi connectivity index (χ1) is 17.1. The molecule has 0 radical (unpaired) electrons. The van der Waals surface area contributed by atoms with Gasteiger partial charge in [0.05, 0.1) is 16.3 Å². The van der Waals surface area contributed by atoms with Crippen molar-refractivity contribution in [2.24, 2.45) is 63.6 Å². The van der Waals surface area contributed by atoms with Gasteiger partial charge in [0.2, 0.25) is 0 Å². The lowest BCUT2D eigenvalue weighted by molar-refractivity contribution is -0.162. The van der Waals surface area contributed by atoms with Gasteiger partial charge in [-0.05, 0) is 127 Å². The standard InChI is InChI=1S/C32H54O2S2/c1-19(2)21(4)32(35-15-8-16-36-32)28(33)20(3)24-9-10-25-23-17-27(34-7)31-18-22(31)11-14-30(31,6)26(23)12-13-29(24,25)5/h19-28,33H,8-18H2,1-7H3/t20-,21-,22+,23-,24+,25-,26-,27+,28+,29+,30+,31-/m0/s1. The summed E-state index contributed by atoms with van der Waals surface area (Å²) in [6, 6.07) is 0. The van der Waals surface area contributed by atoms with Crippen LogP contribution in [0.1, 0.15) is 99.3 Å². The van der Waals surface area contributed by atoms with Crippen LogP contribution in [0.5, 0.6) is 0 Å². The highest BCUT2D eigenvalue weighted by atomic mass is 32.2. The Morgan fingerprint density at radius 3 is 2.28 bits per heavy atom. The molecule has 36 heavy (non-hydrogen) atoms. The van der Waals surface area contributed by atoms with Crippen LogP contribution in [-0.2, 0) is 4.74 Å². The molecule has 0 amide bonds. The molecule has 1 saturated heterocycles. The number of thioether (sulfide) groups is 2. The van der Waals surface area contributed by atoms with E-state index in [1.165, 1.54) is 69.3 Å². The second-order valence-electron chi connectivity index (χ2n) is 15.1. The number of aliphatic hydroxyl groups is 1. The van der Waals surface area contributed by atoms with Gasteiger partial charge in [0, 0.05) is 12.5 Å². The topological polar surface area (TPSA) is 29.5 Å². The Labute approximate surface area is 230 Å². The van der Waals surface area contributed by atoms with Crippen molar-refractivity contribution in [3.8, 4) is 0 Å². The molecule has 0 unspecified atom stereocenters. The number of aliphatic hydroxyl groups excluding tert-OH is 1. The smallest absolute Gasteiger partial charge is 0.0898 e. The maximum Gasteiger partial charge on any atom is 0.0898 e. The van der Waals surface area contributed by atoms with Crippen LogP contribution in [0.4, 0.5) is 0 Å². The van der Waals surface area contributed by atoms with Gasteiger partial charge >= 0.3 is 0 Å². The molecule has 1 N–H and O–H groups in total. The monoisotopic (exact) mass is 534 g/mol. The number of methoxy groups -OCH3 is 1. The second kappa shape index (κ2) is 9.07. The minimum absolute atomic E-state index is 0.0336. The Morgan fingerprint density at radius 2 is 1.64 bits per heavy atom. The summed E-state index contributed by atoms with van der Waals surface area (Å²) in [6.45, 7) is 15.0. The number of rotatable bonds is 6. The highest BCUT2D eigenvalue weighted by molar-refractivity contribution is 8.18. The largest absolute Gasteiger partial charge is 0.390 e. The minimum atomic E-state index is -0.218. The third-order valence-electron chi connectivity index (χ3n) is 14.0. The van der Waals surface area contributed by atoms with Gasteiger partial charge in [-0.2, -0.15) is 0 Å². The van der Waals surface area contributed by atoms with Crippen molar-refractivity contribution in [2.75, 3.05) is 18.6 Å². The van der Waals surface area contributed by atoms with Crippen LogP contribution in [0.2, 0.25) is 0 Å². The number of ether oxygens (including phenoxy) is 1. The van der Waals surface area contributed by atoms with E-state index in [2.05, 4.69) is 65.1 Å². The van der Waals surface area contributed by atoms with Gasteiger partial charge in [0.25, 0.3) is 0 Å². The molecular formula is C32H54O2S2. The van der Waals surface area contributed by atoms with Crippen molar-refractivity contribution in [3.63, 3.8) is 0 Å². The van der Waals surface area contributed by atoms with E-state index in [-0.39, 0.29) is 10.2 Å². The normalized spacial score (nSPS) is 51.6. The van der Waals surface area contributed by atoms with Crippen LogP contribution >= 0.6 is 23.5 Å². The predicted molar refractivity (Wildman–Crippen MR) is 155 cm³/mol. The minimum Gasteiger partial charge on any atom is -0.390 e. The van der Waals surface area contributed by atoms with Crippen molar-refractivity contribution in [1.29, 1.82) is 0 Å². The SMILES string of the molecule is CO[C@@H]1C[C@H]2[C@@H]3CC[C@H]([C@H](C)[C@@H](O)C4([C@@H](C)C(C)C)SCCCS4)[C@@]3(C)CC[C@@H]2[C@@]2(C)CC[C@@H]3C[C@]312. The number of hydrogen-bond acceptors (Lipinski definition) is 4. The molecule has 0 aromatic rings. The molecule has 206 valence electrons. The Kier molecular flexibility index (Phi) is 6.76. The third kappa shape index (κ3) is 3.38. The highest BCUT2D eigenvalue weighted by Gasteiger charge is 2.77. The molecule has 5 saturated carbocycles. The van der Waals surface area contributed by atoms with E-state index in [0.29, 0.717) is 46.0 Å². The fourth-order valence-electron chi connectivity index (χ4n) is 11.8. The highest BCUT2D eigenvalue weighted by Crippen LogP contribution is 2.82. The van der Waals surface area contributed by atoms with Gasteiger partial charge < -0.3 is 9.84 Å². The van der Waals surface area contributed by atoms with E-state index < -0.39 is 0 Å². The van der Waals surface area contributed by atoms with Crippen molar-refractivity contribution in [2.45, 2.75) is 116 Å². The summed E-state index contributed by atoms with van der Waals surface area (Å²) < 4.78 is 6.32. The van der Waals surface area contributed by atoms with Crippen molar-refractivity contribution >= 4 is 23.5 Å². The lowest BCUT2D eigenvalue weighted by atomic mass is 9.45. The molecule has 0 bridgehead atoms. The Balaban J connectivity index is 1.26. The van der Waals surface area contributed by atoms with E-state index in [9.17, 15) is 5.11 Å². The van der Waals surface area contributed by atoms with Gasteiger partial charge in [-0.15, -0.1) is 23.5 Å². The zero-order valence-corrected chi connectivity index (χ0v) is 25.9. The maximum absolute atomic E-state index is 12.2. The van der Waals surface area contributed by atoms with Gasteiger partial charge in [-0.25, -0.2) is 0 Å². The van der Waals surface area contributed by atoms with E-state index in [4.69, 9.17) is 4.74 Å². The third-order valence-corrected chi connectivity index (χ3v) is 17.8. The Morgan fingerprint density at radius 1 is 0.917 bits per heavy atom. The molecule has 0 aromatic carbocycles. The quantitative estimate of drug-likeness (QED) is 0.372. The van der Waals surface area contributed by atoms with Crippen LogP contribution in [0, 0.1) is 63.6 Å². The molecule has 6 aliphatic rings. The van der Waals surface area contributed by atoms with Crippen molar-refractivity contribution in [1.82, 2.24) is 0 Å². The molecule has 1 spiro atoms. The first-order valence-electron chi connectivity index (χ1n) is 15.6. The second-order valence-corrected chi connectivity index (χ2v) is 18.1. The van der Waals surface area contributed by atoms with E-state index in [1.807, 2.05) is 7.11 Å². The molecule has 6 fully saturated rings. The summed E-state index contributed by atoms with van der Waals surface area (Å²) in [5, 5.41) is 12.2. The summed E-state index contributed by atoms with van der Waals surface area (Å²) in [7, 11) is 2.01. The summed E-state index contributed by atoms with van der Waals surface area (Å²) in [5.41, 5.74) is 1.42. The molecule has 5 aliphatic carbocycles. The Bertz CT molecular complexity index is 840. The van der Waals surface area contributed by atoms with Crippen LogP contribution in [0.15, 0.2) is 0 Å². The number of fused-ring (bicyclic) bond motifs is 4. The molecule has 2 nitrogen and oxygen atoms in total. The van der Waals surface area contributed by atoms with Crippen molar-refractivity contribution in [3.05, 3.63) is 0 Å². The summed E-state index contributed by atoms with van der Waals surface area (Å²) >= 11 is 4.21. The average molecular weight is 535 g/mol.